The maximum atomic E-state index is 4.79. The van der Waals surface area contributed by atoms with Crippen molar-refractivity contribution in [3.05, 3.63) is 177 Å². The van der Waals surface area contributed by atoms with E-state index in [0.29, 0.717) is 5.41 Å². The fraction of sp³-hybridized carbons (Fsp3) is 0.104. The van der Waals surface area contributed by atoms with Gasteiger partial charge in [0.05, 0.1) is 0 Å². The Bertz CT molecular complexity index is 2520. The van der Waals surface area contributed by atoms with Crippen LogP contribution in [0.15, 0.2) is 152 Å². The number of hydrogen-bond acceptors (Lipinski definition) is 2. The van der Waals surface area contributed by atoms with E-state index in [-0.39, 0.29) is 27.5 Å². The van der Waals surface area contributed by atoms with Crippen LogP contribution in [0.2, 0.25) is 0 Å². The van der Waals surface area contributed by atoms with Crippen molar-refractivity contribution in [2.24, 2.45) is 5.41 Å². The van der Waals surface area contributed by atoms with Crippen LogP contribution in [0.25, 0.3) is 76.0 Å². The second kappa shape index (κ2) is 15.0. The van der Waals surface area contributed by atoms with Gasteiger partial charge in [0, 0.05) is 12.4 Å². The molecule has 9 rings (SSSR count). The van der Waals surface area contributed by atoms with Gasteiger partial charge < -0.3 is 17.4 Å². The molecule has 250 valence electrons. The van der Waals surface area contributed by atoms with Crippen molar-refractivity contribution in [1.82, 2.24) is 9.97 Å². The maximum absolute atomic E-state index is 4.79. The van der Waals surface area contributed by atoms with Gasteiger partial charge in [-0.25, -0.2) is 0 Å². The summed E-state index contributed by atoms with van der Waals surface area (Å²) in [6, 6.07) is 56.0. The van der Waals surface area contributed by atoms with Crippen LogP contribution in [0.1, 0.15) is 26.3 Å². The van der Waals surface area contributed by atoms with Crippen LogP contribution in [0.4, 0.5) is 0 Å². The normalized spacial score (nSPS) is 11.2. The molecular formula is C48H39IrN2. The first-order valence-electron chi connectivity index (χ1n) is 16.8. The summed E-state index contributed by atoms with van der Waals surface area (Å²) >= 11 is 0. The zero-order valence-corrected chi connectivity index (χ0v) is 31.8. The van der Waals surface area contributed by atoms with Crippen molar-refractivity contribution in [1.29, 1.82) is 0 Å². The second-order valence-electron chi connectivity index (χ2n) is 14.0. The number of benzene rings is 6. The molecule has 9 aromatic rings. The molecule has 7 aromatic carbocycles. The maximum Gasteiger partial charge on any atom is 3.00 e. The van der Waals surface area contributed by atoms with Gasteiger partial charge >= 0.3 is 20.1 Å². The minimum Gasteiger partial charge on any atom is -0.358 e. The van der Waals surface area contributed by atoms with Gasteiger partial charge in [-0.1, -0.05) is 106 Å². The van der Waals surface area contributed by atoms with Crippen molar-refractivity contribution in [2.45, 2.75) is 27.2 Å². The third-order valence-corrected chi connectivity index (χ3v) is 9.09. The Hall–Kier alpha value is -5.21. The first-order chi connectivity index (χ1) is 23.9. The summed E-state index contributed by atoms with van der Waals surface area (Å²) in [4.78, 5) is 9.29. The van der Waals surface area contributed by atoms with E-state index in [0.717, 1.165) is 34.0 Å². The van der Waals surface area contributed by atoms with E-state index >= 15 is 0 Å². The van der Waals surface area contributed by atoms with Crippen molar-refractivity contribution < 1.29 is 20.1 Å². The molecule has 0 saturated carbocycles. The number of fused-ring (bicyclic) bond motifs is 10. The molecule has 0 atom stereocenters. The van der Waals surface area contributed by atoms with Crippen LogP contribution in [0, 0.1) is 25.0 Å². The van der Waals surface area contributed by atoms with Crippen LogP contribution >= 0.6 is 0 Å². The molecule has 51 heavy (non-hydrogen) atoms. The van der Waals surface area contributed by atoms with Crippen LogP contribution in [-0.2, 0) is 26.5 Å². The van der Waals surface area contributed by atoms with E-state index < -0.39 is 0 Å². The van der Waals surface area contributed by atoms with E-state index in [1.165, 1.54) is 54.0 Å². The second-order valence-corrected chi connectivity index (χ2v) is 14.0. The van der Waals surface area contributed by atoms with Crippen molar-refractivity contribution in [3.63, 3.8) is 0 Å². The molecule has 0 radical (unpaired) electrons. The van der Waals surface area contributed by atoms with Crippen LogP contribution < -0.4 is 0 Å². The van der Waals surface area contributed by atoms with Gasteiger partial charge in [0.2, 0.25) is 0 Å². The van der Waals surface area contributed by atoms with Gasteiger partial charge in [0.1, 0.15) is 0 Å². The molecule has 2 aromatic heterocycles. The fourth-order valence-corrected chi connectivity index (χ4v) is 6.77. The molecule has 0 unspecified atom stereocenters. The molecule has 0 spiro atoms. The topological polar surface area (TPSA) is 25.8 Å². The quantitative estimate of drug-likeness (QED) is 0.162. The van der Waals surface area contributed by atoms with Crippen molar-refractivity contribution in [3.8, 4) is 11.3 Å². The van der Waals surface area contributed by atoms with Gasteiger partial charge in [0.15, 0.2) is 0 Å². The molecule has 0 N–H and O–H groups in total. The Morgan fingerprint density at radius 1 is 0.510 bits per heavy atom. The number of pyridine rings is 2. The summed E-state index contributed by atoms with van der Waals surface area (Å²) < 4.78 is 0. The SMILES string of the molecule is CC(C)(C)Cc1ccc(-c2[c-]cccc2)nc1.[CH3-].[Ir+3].[c-]1ccc2cc1c1cc3c(cccc3c3cccc(c3)c3ccc4cccc2c4c3)cn1. The minimum atomic E-state index is 0. The van der Waals surface area contributed by atoms with Crippen LogP contribution in [0.3, 0.4) is 0 Å². The largest absolute Gasteiger partial charge is 3.00 e. The van der Waals surface area contributed by atoms with Gasteiger partial charge in [-0.3, -0.25) is 0 Å². The standard InChI is InChI=1S/C31H18N.C16H18N.CH3.Ir/c1-6-21-15-23(7-1)28-12-4-10-26-19-32-31(18-30(26)28)25-9-2-8-24(16-25)27-11-3-5-20-13-14-22(21)17-29(20)27;1-16(2,3)11-13-9-10-15(17-12-13)14-7-5-4-6-8-14;;/h1-8,10-19H;4-7,9-10,12H,11H2,1-3H3;1H3;/q3*-1;+3. The summed E-state index contributed by atoms with van der Waals surface area (Å²) in [7, 11) is 0. The van der Waals surface area contributed by atoms with Crippen molar-refractivity contribution >= 4 is 64.8 Å². The Morgan fingerprint density at radius 2 is 1.20 bits per heavy atom. The predicted octanol–water partition coefficient (Wildman–Crippen LogP) is 12.9. The average Bonchev–Trinajstić information content (AvgIpc) is 3.14. The number of nitrogens with zero attached hydrogens (tertiary/aromatic N) is 2. The zero-order valence-electron chi connectivity index (χ0n) is 29.4. The summed E-state index contributed by atoms with van der Waals surface area (Å²) in [6.45, 7) is 6.73. The first-order valence-corrected chi connectivity index (χ1v) is 16.8. The molecular weight excluding hydrogens is 797 g/mol. The number of rotatable bonds is 2. The zero-order chi connectivity index (χ0) is 33.4. The van der Waals surface area contributed by atoms with E-state index in [9.17, 15) is 0 Å². The molecule has 0 fully saturated rings. The molecule has 0 aliphatic carbocycles. The molecule has 0 saturated heterocycles. The monoisotopic (exact) mass is 836 g/mol. The molecule has 2 nitrogen and oxygen atoms in total. The average molecular weight is 836 g/mol. The number of aromatic nitrogens is 2. The molecule has 0 aliphatic heterocycles. The van der Waals surface area contributed by atoms with Gasteiger partial charge in [-0.2, -0.15) is 0 Å². The summed E-state index contributed by atoms with van der Waals surface area (Å²) in [5.41, 5.74) is 4.58. The van der Waals surface area contributed by atoms with Crippen LogP contribution in [0.5, 0.6) is 0 Å². The van der Waals surface area contributed by atoms with Gasteiger partial charge in [-0.05, 0) is 89.2 Å². The Labute approximate surface area is 314 Å². The Morgan fingerprint density at radius 3 is 1.94 bits per heavy atom. The predicted molar refractivity (Wildman–Crippen MR) is 215 cm³/mol. The third-order valence-electron chi connectivity index (χ3n) is 9.09. The molecule has 0 amide bonds. The molecule has 0 aliphatic rings. The van der Waals surface area contributed by atoms with Crippen molar-refractivity contribution in [2.75, 3.05) is 0 Å². The molecule has 3 heteroatoms. The minimum absolute atomic E-state index is 0. The number of hydrogen-bond donors (Lipinski definition) is 0. The smallest absolute Gasteiger partial charge is 0.358 e. The van der Waals surface area contributed by atoms with Crippen LogP contribution in [-0.4, -0.2) is 9.97 Å². The molecule has 8 bridgehead atoms. The first kappa shape index (κ1) is 35.6. The van der Waals surface area contributed by atoms with Gasteiger partial charge in [0.25, 0.3) is 0 Å². The molecule has 2 heterocycles. The van der Waals surface area contributed by atoms with E-state index in [2.05, 4.69) is 147 Å². The summed E-state index contributed by atoms with van der Waals surface area (Å²) in [5, 5.41) is 13.2. The van der Waals surface area contributed by atoms with Gasteiger partial charge in [-0.15, -0.1) is 70.9 Å². The Kier molecular flexibility index (Phi) is 10.4. The third kappa shape index (κ3) is 7.61. The summed E-state index contributed by atoms with van der Waals surface area (Å²) in [6.07, 6.45) is 5.01. The van der Waals surface area contributed by atoms with E-state index in [4.69, 9.17) is 4.98 Å². The van der Waals surface area contributed by atoms with E-state index in [1.807, 2.05) is 42.7 Å². The summed E-state index contributed by atoms with van der Waals surface area (Å²) in [5.74, 6) is 0. The Balaban J connectivity index is 0.000000202. The van der Waals surface area contributed by atoms with E-state index in [1.54, 1.807) is 0 Å². The fourth-order valence-electron chi connectivity index (χ4n) is 6.77.